The van der Waals surface area contributed by atoms with Gasteiger partial charge in [-0.2, -0.15) is 0 Å². The number of aromatic nitrogens is 2. The number of nitrogens with zero attached hydrogens (tertiary/aromatic N) is 2. The van der Waals surface area contributed by atoms with Crippen LogP contribution in [0.5, 0.6) is 0 Å². The summed E-state index contributed by atoms with van der Waals surface area (Å²) in [4.78, 5) is 4.80. The van der Waals surface area contributed by atoms with Gasteiger partial charge in [-0.15, -0.1) is 0 Å². The summed E-state index contributed by atoms with van der Waals surface area (Å²) in [6, 6.07) is 24.1. The van der Waals surface area contributed by atoms with E-state index in [1.54, 1.807) is 0 Å². The molecule has 0 aliphatic heterocycles. The van der Waals surface area contributed by atoms with Crippen LogP contribution in [-0.4, -0.2) is 9.38 Å². The van der Waals surface area contributed by atoms with Crippen molar-refractivity contribution in [2.45, 2.75) is 0 Å². The average Bonchev–Trinajstić information content (AvgIpc) is 2.95. The summed E-state index contributed by atoms with van der Waals surface area (Å²) in [6.45, 7) is 0. The fourth-order valence-corrected chi connectivity index (χ4v) is 2.93. The Morgan fingerprint density at radius 3 is 2.32 bits per heavy atom. The highest BCUT2D eigenvalue weighted by Gasteiger charge is 2.17. The first-order valence-corrected chi connectivity index (χ1v) is 7.50. The quantitative estimate of drug-likeness (QED) is 0.490. The van der Waals surface area contributed by atoms with Gasteiger partial charge in [0.1, 0.15) is 5.65 Å². The van der Waals surface area contributed by atoms with Gasteiger partial charge in [0.15, 0.2) is 0 Å². The van der Waals surface area contributed by atoms with Crippen molar-refractivity contribution >= 4 is 17.2 Å². The zero-order valence-electron chi connectivity index (χ0n) is 11.8. The number of imidazole rings is 1. The second-order valence-electron chi connectivity index (χ2n) is 5.08. The van der Waals surface area contributed by atoms with Crippen molar-refractivity contribution in [1.82, 2.24) is 9.38 Å². The van der Waals surface area contributed by atoms with E-state index in [0.29, 0.717) is 0 Å². The second kappa shape index (κ2) is 5.32. The fourth-order valence-electron chi connectivity index (χ4n) is 2.70. The largest absolute Gasteiger partial charge is 0.299 e. The highest BCUT2D eigenvalue weighted by atomic mass is 35.5. The summed E-state index contributed by atoms with van der Waals surface area (Å²) in [5.41, 5.74) is 4.95. The molecule has 2 nitrogen and oxygen atoms in total. The molecular formula is C19H13ClN2. The Labute approximate surface area is 133 Å². The molecule has 0 saturated heterocycles. The van der Waals surface area contributed by atoms with E-state index >= 15 is 0 Å². The van der Waals surface area contributed by atoms with Crippen molar-refractivity contribution in [3.63, 3.8) is 0 Å². The van der Waals surface area contributed by atoms with Crippen LogP contribution in [-0.2, 0) is 0 Å². The third-order valence-corrected chi connectivity index (χ3v) is 4.04. The predicted molar refractivity (Wildman–Crippen MR) is 91.1 cm³/mol. The number of benzene rings is 2. The molecule has 4 rings (SSSR count). The zero-order valence-corrected chi connectivity index (χ0v) is 12.5. The van der Waals surface area contributed by atoms with Crippen LogP contribution in [0.1, 0.15) is 0 Å². The predicted octanol–water partition coefficient (Wildman–Crippen LogP) is 5.32. The van der Waals surface area contributed by atoms with Crippen LogP contribution >= 0.6 is 11.6 Å². The van der Waals surface area contributed by atoms with E-state index in [2.05, 4.69) is 16.5 Å². The van der Waals surface area contributed by atoms with E-state index < -0.39 is 0 Å². The molecule has 0 aliphatic carbocycles. The van der Waals surface area contributed by atoms with Gasteiger partial charge < -0.3 is 0 Å². The first-order valence-electron chi connectivity index (χ1n) is 7.12. The topological polar surface area (TPSA) is 17.3 Å². The van der Waals surface area contributed by atoms with Crippen molar-refractivity contribution in [3.8, 4) is 22.5 Å². The Hall–Kier alpha value is -2.58. The smallest absolute Gasteiger partial charge is 0.137 e. The van der Waals surface area contributed by atoms with Gasteiger partial charge in [0.25, 0.3) is 0 Å². The first kappa shape index (κ1) is 13.1. The SMILES string of the molecule is Clc1ccccc1-c1c(-c2ccccc2)nc2ccccn12. The monoisotopic (exact) mass is 304 g/mol. The highest BCUT2D eigenvalue weighted by Crippen LogP contribution is 2.36. The maximum absolute atomic E-state index is 6.43. The third-order valence-electron chi connectivity index (χ3n) is 3.71. The van der Waals surface area contributed by atoms with Crippen molar-refractivity contribution in [1.29, 1.82) is 0 Å². The fraction of sp³-hybridized carbons (Fsp3) is 0. The summed E-state index contributed by atoms with van der Waals surface area (Å²) >= 11 is 6.43. The van der Waals surface area contributed by atoms with Gasteiger partial charge in [-0.05, 0) is 18.2 Å². The Morgan fingerprint density at radius 2 is 1.50 bits per heavy atom. The van der Waals surface area contributed by atoms with E-state index in [4.69, 9.17) is 16.6 Å². The molecule has 0 spiro atoms. The summed E-state index contributed by atoms with van der Waals surface area (Å²) in [6.07, 6.45) is 2.02. The molecule has 0 aliphatic rings. The number of fused-ring (bicyclic) bond motifs is 1. The Morgan fingerprint density at radius 1 is 0.773 bits per heavy atom. The molecule has 106 valence electrons. The lowest BCUT2D eigenvalue weighted by atomic mass is 10.0. The van der Waals surface area contributed by atoms with Crippen molar-refractivity contribution in [2.24, 2.45) is 0 Å². The lowest BCUT2D eigenvalue weighted by molar-refractivity contribution is 1.19. The molecule has 0 unspecified atom stereocenters. The molecule has 0 radical (unpaired) electrons. The van der Waals surface area contributed by atoms with E-state index in [1.807, 2.05) is 66.9 Å². The minimum atomic E-state index is 0.727. The maximum atomic E-state index is 6.43. The van der Waals surface area contributed by atoms with Gasteiger partial charge in [-0.3, -0.25) is 4.40 Å². The number of hydrogen-bond donors (Lipinski definition) is 0. The summed E-state index contributed by atoms with van der Waals surface area (Å²) in [5, 5.41) is 0.727. The summed E-state index contributed by atoms with van der Waals surface area (Å²) in [5.74, 6) is 0. The molecule has 4 aromatic rings. The maximum Gasteiger partial charge on any atom is 0.137 e. The average molecular weight is 305 g/mol. The van der Waals surface area contributed by atoms with Crippen LogP contribution in [0.15, 0.2) is 79.0 Å². The van der Waals surface area contributed by atoms with E-state index in [9.17, 15) is 0 Å². The molecule has 2 aromatic heterocycles. The number of rotatable bonds is 2. The van der Waals surface area contributed by atoms with Crippen LogP contribution in [0.4, 0.5) is 0 Å². The molecule has 0 N–H and O–H groups in total. The molecule has 2 heterocycles. The van der Waals surface area contributed by atoms with Crippen molar-refractivity contribution in [3.05, 3.63) is 84.0 Å². The molecular weight excluding hydrogens is 292 g/mol. The minimum Gasteiger partial charge on any atom is -0.299 e. The van der Waals surface area contributed by atoms with Gasteiger partial charge in [0.05, 0.1) is 11.4 Å². The molecule has 0 atom stereocenters. The molecule has 0 fully saturated rings. The standard InChI is InChI=1S/C19H13ClN2/c20-16-11-5-4-10-15(16)19-18(14-8-2-1-3-9-14)21-17-12-6-7-13-22(17)19/h1-13H. The minimum absolute atomic E-state index is 0.727. The molecule has 22 heavy (non-hydrogen) atoms. The van der Waals surface area contributed by atoms with Crippen LogP contribution < -0.4 is 0 Å². The first-order chi connectivity index (χ1) is 10.8. The van der Waals surface area contributed by atoms with Crippen LogP contribution in [0.25, 0.3) is 28.2 Å². The van der Waals surface area contributed by atoms with Crippen LogP contribution in [0.2, 0.25) is 5.02 Å². The molecule has 2 aromatic carbocycles. The molecule has 3 heteroatoms. The van der Waals surface area contributed by atoms with E-state index in [0.717, 1.165) is 33.2 Å². The molecule has 0 bridgehead atoms. The molecule has 0 amide bonds. The van der Waals surface area contributed by atoms with Crippen LogP contribution in [0, 0.1) is 0 Å². The van der Waals surface area contributed by atoms with Crippen molar-refractivity contribution < 1.29 is 0 Å². The Balaban J connectivity index is 2.10. The second-order valence-corrected chi connectivity index (χ2v) is 5.49. The highest BCUT2D eigenvalue weighted by molar-refractivity contribution is 6.33. The molecule has 0 saturated carbocycles. The lowest BCUT2D eigenvalue weighted by Crippen LogP contribution is -1.90. The van der Waals surface area contributed by atoms with E-state index in [1.165, 1.54) is 0 Å². The summed E-state index contributed by atoms with van der Waals surface area (Å²) < 4.78 is 2.09. The van der Waals surface area contributed by atoms with Crippen LogP contribution in [0.3, 0.4) is 0 Å². The van der Waals surface area contributed by atoms with Gasteiger partial charge in [0, 0.05) is 22.3 Å². The van der Waals surface area contributed by atoms with Gasteiger partial charge in [-0.25, -0.2) is 4.98 Å². The van der Waals surface area contributed by atoms with Gasteiger partial charge >= 0.3 is 0 Å². The van der Waals surface area contributed by atoms with Gasteiger partial charge in [-0.1, -0.05) is 66.2 Å². The van der Waals surface area contributed by atoms with E-state index in [-0.39, 0.29) is 0 Å². The third kappa shape index (κ3) is 2.09. The van der Waals surface area contributed by atoms with Crippen molar-refractivity contribution in [2.75, 3.05) is 0 Å². The normalized spacial score (nSPS) is 11.0. The summed E-state index contributed by atoms with van der Waals surface area (Å²) in [7, 11) is 0. The lowest BCUT2D eigenvalue weighted by Gasteiger charge is -2.07. The number of hydrogen-bond acceptors (Lipinski definition) is 1. The van der Waals surface area contributed by atoms with Gasteiger partial charge in [0.2, 0.25) is 0 Å². The number of halogens is 1. The Kier molecular flexibility index (Phi) is 3.17. The number of pyridine rings is 1. The zero-order chi connectivity index (χ0) is 14.9. The Bertz CT molecular complexity index is 942.